The summed E-state index contributed by atoms with van der Waals surface area (Å²) in [6.45, 7) is 1.26. The smallest absolute Gasteiger partial charge is 0.257 e. The van der Waals surface area contributed by atoms with Crippen molar-refractivity contribution in [2.24, 2.45) is 0 Å². The van der Waals surface area contributed by atoms with Crippen LogP contribution in [0.15, 0.2) is 46.9 Å². The van der Waals surface area contributed by atoms with Gasteiger partial charge in [-0.15, -0.1) is 0 Å². The van der Waals surface area contributed by atoms with Crippen molar-refractivity contribution in [2.75, 3.05) is 13.2 Å². The summed E-state index contributed by atoms with van der Waals surface area (Å²) >= 11 is 3.19. The van der Waals surface area contributed by atoms with E-state index in [0.29, 0.717) is 24.2 Å². The van der Waals surface area contributed by atoms with E-state index in [0.717, 1.165) is 11.3 Å². The molecule has 21 heavy (non-hydrogen) atoms. The summed E-state index contributed by atoms with van der Waals surface area (Å²) in [7, 11) is 0. The van der Waals surface area contributed by atoms with E-state index < -0.39 is 5.82 Å². The van der Waals surface area contributed by atoms with Crippen LogP contribution in [-0.4, -0.2) is 24.0 Å². The first-order valence-electron chi connectivity index (χ1n) is 6.60. The molecule has 0 unspecified atom stereocenters. The first kappa shape index (κ1) is 14.1. The molecule has 0 aliphatic carbocycles. The maximum Gasteiger partial charge on any atom is 0.257 e. The Balaban J connectivity index is 1.88. The van der Waals surface area contributed by atoms with Crippen molar-refractivity contribution in [3.05, 3.63) is 63.9 Å². The summed E-state index contributed by atoms with van der Waals surface area (Å²) < 4.78 is 20.2. The normalized spacial score (nSPS) is 14.1. The average molecular weight is 350 g/mol. The van der Waals surface area contributed by atoms with Gasteiger partial charge in [0.05, 0.1) is 12.1 Å². The number of halogens is 2. The number of hydrogen-bond donors (Lipinski definition) is 0. The van der Waals surface area contributed by atoms with E-state index in [4.69, 9.17) is 4.74 Å². The van der Waals surface area contributed by atoms with Crippen molar-refractivity contribution in [2.45, 2.75) is 6.54 Å². The van der Waals surface area contributed by atoms with Crippen LogP contribution in [0.2, 0.25) is 0 Å². The fraction of sp³-hybridized carbons (Fsp3) is 0.188. The van der Waals surface area contributed by atoms with Gasteiger partial charge in [-0.1, -0.05) is 34.1 Å². The fourth-order valence-electron chi connectivity index (χ4n) is 2.33. The standard InChI is InChI=1S/C16H13BrFNO2/c17-12-5-6-13(14(18)9-12)16(20)19-7-8-21-15-4-2-1-3-11(15)10-19/h1-6,9H,7-8,10H2. The van der Waals surface area contributed by atoms with Gasteiger partial charge in [-0.3, -0.25) is 4.79 Å². The van der Waals surface area contributed by atoms with Gasteiger partial charge >= 0.3 is 0 Å². The molecule has 108 valence electrons. The zero-order chi connectivity index (χ0) is 14.8. The third kappa shape index (κ3) is 2.93. The second kappa shape index (κ2) is 5.85. The van der Waals surface area contributed by atoms with Gasteiger partial charge in [-0.2, -0.15) is 0 Å². The molecular formula is C16H13BrFNO2. The summed E-state index contributed by atoms with van der Waals surface area (Å²) in [5, 5.41) is 0. The number of benzene rings is 2. The highest BCUT2D eigenvalue weighted by Gasteiger charge is 2.23. The van der Waals surface area contributed by atoms with Crippen LogP contribution in [0.3, 0.4) is 0 Å². The summed E-state index contributed by atoms with van der Waals surface area (Å²) in [6.07, 6.45) is 0. The Morgan fingerprint density at radius 3 is 2.86 bits per heavy atom. The van der Waals surface area contributed by atoms with Gasteiger partial charge in [0, 0.05) is 16.6 Å². The minimum Gasteiger partial charge on any atom is -0.491 e. The molecule has 0 bridgehead atoms. The van der Waals surface area contributed by atoms with Crippen molar-refractivity contribution < 1.29 is 13.9 Å². The van der Waals surface area contributed by atoms with Gasteiger partial charge < -0.3 is 9.64 Å². The van der Waals surface area contributed by atoms with Gasteiger partial charge in [-0.25, -0.2) is 4.39 Å². The van der Waals surface area contributed by atoms with Crippen LogP contribution in [0.1, 0.15) is 15.9 Å². The molecule has 1 amide bonds. The number of nitrogens with zero attached hydrogens (tertiary/aromatic N) is 1. The summed E-state index contributed by atoms with van der Waals surface area (Å²) in [5.74, 6) is -0.0581. The molecule has 2 aromatic carbocycles. The van der Waals surface area contributed by atoms with Gasteiger partial charge in [0.15, 0.2) is 0 Å². The van der Waals surface area contributed by atoms with E-state index in [2.05, 4.69) is 15.9 Å². The van der Waals surface area contributed by atoms with Crippen molar-refractivity contribution in [1.82, 2.24) is 4.90 Å². The lowest BCUT2D eigenvalue weighted by atomic mass is 10.1. The molecule has 2 aromatic rings. The van der Waals surface area contributed by atoms with Crippen molar-refractivity contribution in [3.63, 3.8) is 0 Å². The van der Waals surface area contributed by atoms with Crippen molar-refractivity contribution in [3.8, 4) is 5.75 Å². The highest BCUT2D eigenvalue weighted by molar-refractivity contribution is 9.10. The lowest BCUT2D eigenvalue weighted by Gasteiger charge is -2.20. The van der Waals surface area contributed by atoms with E-state index in [1.807, 2.05) is 24.3 Å². The number of fused-ring (bicyclic) bond motifs is 1. The predicted octanol–water partition coefficient (Wildman–Crippen LogP) is 3.62. The fourth-order valence-corrected chi connectivity index (χ4v) is 2.67. The van der Waals surface area contributed by atoms with Crippen molar-refractivity contribution in [1.29, 1.82) is 0 Å². The Morgan fingerprint density at radius 1 is 1.24 bits per heavy atom. The minimum atomic E-state index is -0.521. The predicted molar refractivity (Wildman–Crippen MR) is 80.8 cm³/mol. The zero-order valence-electron chi connectivity index (χ0n) is 11.2. The highest BCUT2D eigenvalue weighted by Crippen LogP contribution is 2.24. The molecule has 0 atom stereocenters. The Hall–Kier alpha value is -1.88. The first-order valence-corrected chi connectivity index (χ1v) is 7.39. The average Bonchev–Trinajstić information content (AvgIpc) is 2.68. The van der Waals surface area contributed by atoms with E-state index >= 15 is 0 Å². The van der Waals surface area contributed by atoms with Crippen LogP contribution in [0.25, 0.3) is 0 Å². The monoisotopic (exact) mass is 349 g/mol. The highest BCUT2D eigenvalue weighted by atomic mass is 79.9. The first-order chi connectivity index (χ1) is 10.1. The minimum absolute atomic E-state index is 0.0811. The number of amides is 1. The van der Waals surface area contributed by atoms with E-state index in [1.54, 1.807) is 11.0 Å². The van der Waals surface area contributed by atoms with Crippen LogP contribution in [0.5, 0.6) is 5.75 Å². The van der Waals surface area contributed by atoms with Crippen molar-refractivity contribution >= 4 is 21.8 Å². The van der Waals surface area contributed by atoms with Crippen LogP contribution >= 0.6 is 15.9 Å². The molecule has 5 heteroatoms. The number of carbonyl (C=O) groups is 1. The maximum atomic E-state index is 13.9. The Kier molecular flexibility index (Phi) is 3.92. The molecule has 3 rings (SSSR count). The number of ether oxygens (including phenoxy) is 1. The molecule has 0 fully saturated rings. The molecule has 1 aliphatic rings. The quantitative estimate of drug-likeness (QED) is 0.786. The molecule has 0 radical (unpaired) electrons. The van der Waals surface area contributed by atoms with Crippen LogP contribution in [0, 0.1) is 5.82 Å². The molecule has 0 spiro atoms. The number of para-hydroxylation sites is 1. The number of hydrogen-bond acceptors (Lipinski definition) is 2. The van der Waals surface area contributed by atoms with Gasteiger partial charge in [0.2, 0.25) is 0 Å². The number of rotatable bonds is 1. The Bertz CT molecular complexity index is 690. The third-order valence-corrected chi connectivity index (χ3v) is 3.89. The van der Waals surface area contributed by atoms with Gasteiger partial charge in [0.25, 0.3) is 5.91 Å². The third-order valence-electron chi connectivity index (χ3n) is 3.40. The molecule has 0 saturated heterocycles. The molecule has 3 nitrogen and oxygen atoms in total. The second-order valence-electron chi connectivity index (χ2n) is 4.81. The summed E-state index contributed by atoms with van der Waals surface area (Å²) in [5.41, 5.74) is 1.01. The largest absolute Gasteiger partial charge is 0.491 e. The SMILES string of the molecule is O=C(c1ccc(Br)cc1F)N1CCOc2ccccc2C1. The molecule has 1 heterocycles. The second-order valence-corrected chi connectivity index (χ2v) is 5.72. The maximum absolute atomic E-state index is 13.9. The van der Waals surface area contributed by atoms with Crippen LogP contribution in [0.4, 0.5) is 4.39 Å². The zero-order valence-corrected chi connectivity index (χ0v) is 12.8. The topological polar surface area (TPSA) is 29.5 Å². The van der Waals surface area contributed by atoms with Gasteiger partial charge in [-0.05, 0) is 24.3 Å². The lowest BCUT2D eigenvalue weighted by molar-refractivity contribution is 0.0728. The Morgan fingerprint density at radius 2 is 2.05 bits per heavy atom. The molecule has 0 saturated carbocycles. The molecule has 1 aliphatic heterocycles. The van der Waals surface area contributed by atoms with E-state index in [9.17, 15) is 9.18 Å². The summed E-state index contributed by atoms with van der Waals surface area (Å²) in [4.78, 5) is 14.1. The molecular weight excluding hydrogens is 337 g/mol. The molecule has 0 N–H and O–H groups in total. The van der Waals surface area contributed by atoms with Crippen LogP contribution in [-0.2, 0) is 6.54 Å². The van der Waals surface area contributed by atoms with E-state index in [1.165, 1.54) is 12.1 Å². The summed E-state index contributed by atoms with van der Waals surface area (Å²) in [6, 6.07) is 12.1. The number of carbonyl (C=O) groups excluding carboxylic acids is 1. The Labute approximate surface area is 130 Å². The lowest BCUT2D eigenvalue weighted by Crippen LogP contribution is -2.33. The molecule has 0 aromatic heterocycles. The van der Waals surface area contributed by atoms with Gasteiger partial charge in [0.1, 0.15) is 18.2 Å². The van der Waals surface area contributed by atoms with E-state index in [-0.39, 0.29) is 11.5 Å². The van der Waals surface area contributed by atoms with Crippen LogP contribution < -0.4 is 4.74 Å².